The molecule has 2 aromatic heterocycles. The van der Waals surface area contributed by atoms with Crippen molar-refractivity contribution >= 4 is 0 Å². The van der Waals surface area contributed by atoms with Gasteiger partial charge in [0.05, 0.1) is 11.4 Å². The Balaban J connectivity index is 1.70. The maximum atomic E-state index is 4.51. The minimum Gasteiger partial charge on any atom is -0.360 e. The first-order valence-corrected chi connectivity index (χ1v) is 7.24. The molecule has 0 aromatic carbocycles. The highest BCUT2D eigenvalue weighted by atomic mass is 14.9. The number of hydrogen-bond donors (Lipinski definition) is 2. The standard InChI is InChI=1S/C16H21N3/c1-2-7-14(8-3-1)19-12-13-6-4-11-18-16(13)15-9-5-10-17-15/h4-6,9-11,14,17,19H,1-3,7-8,12H2. The van der Waals surface area contributed by atoms with E-state index in [2.05, 4.69) is 27.4 Å². The van der Waals surface area contributed by atoms with Crippen molar-refractivity contribution < 1.29 is 0 Å². The largest absolute Gasteiger partial charge is 0.360 e. The Morgan fingerprint density at radius 2 is 2.05 bits per heavy atom. The number of hydrogen-bond acceptors (Lipinski definition) is 2. The van der Waals surface area contributed by atoms with Gasteiger partial charge in [-0.25, -0.2) is 0 Å². The summed E-state index contributed by atoms with van der Waals surface area (Å²) in [5.41, 5.74) is 3.44. The molecular weight excluding hydrogens is 234 g/mol. The molecule has 0 spiro atoms. The average molecular weight is 255 g/mol. The van der Waals surface area contributed by atoms with Crippen LogP contribution in [0, 0.1) is 0 Å². The van der Waals surface area contributed by atoms with Crippen molar-refractivity contribution in [1.82, 2.24) is 15.3 Å². The zero-order valence-electron chi connectivity index (χ0n) is 11.2. The minimum absolute atomic E-state index is 0.686. The van der Waals surface area contributed by atoms with Crippen LogP contribution in [-0.4, -0.2) is 16.0 Å². The minimum atomic E-state index is 0.686. The van der Waals surface area contributed by atoms with E-state index in [0.29, 0.717) is 6.04 Å². The molecule has 1 fully saturated rings. The molecule has 19 heavy (non-hydrogen) atoms. The van der Waals surface area contributed by atoms with Crippen molar-refractivity contribution in [1.29, 1.82) is 0 Å². The molecule has 1 saturated carbocycles. The van der Waals surface area contributed by atoms with Crippen LogP contribution in [0.25, 0.3) is 11.4 Å². The lowest BCUT2D eigenvalue weighted by Gasteiger charge is -2.23. The van der Waals surface area contributed by atoms with Crippen LogP contribution in [0.4, 0.5) is 0 Å². The second-order valence-electron chi connectivity index (χ2n) is 5.31. The van der Waals surface area contributed by atoms with Crippen LogP contribution in [0.3, 0.4) is 0 Å². The van der Waals surface area contributed by atoms with E-state index in [1.165, 1.54) is 37.7 Å². The second-order valence-corrected chi connectivity index (χ2v) is 5.31. The molecule has 0 unspecified atom stereocenters. The summed E-state index contributed by atoms with van der Waals surface area (Å²) in [6.07, 6.45) is 10.6. The molecular formula is C16H21N3. The first kappa shape index (κ1) is 12.4. The summed E-state index contributed by atoms with van der Waals surface area (Å²) in [6, 6.07) is 8.96. The summed E-state index contributed by atoms with van der Waals surface area (Å²) in [5, 5.41) is 3.69. The van der Waals surface area contributed by atoms with E-state index in [4.69, 9.17) is 0 Å². The van der Waals surface area contributed by atoms with Gasteiger partial charge in [0.15, 0.2) is 0 Å². The lowest BCUT2D eigenvalue weighted by atomic mass is 9.95. The number of rotatable bonds is 4. The monoisotopic (exact) mass is 255 g/mol. The molecule has 3 rings (SSSR count). The maximum absolute atomic E-state index is 4.51. The van der Waals surface area contributed by atoms with E-state index < -0.39 is 0 Å². The van der Waals surface area contributed by atoms with Crippen LogP contribution in [-0.2, 0) is 6.54 Å². The van der Waals surface area contributed by atoms with Crippen LogP contribution in [0.15, 0.2) is 36.7 Å². The van der Waals surface area contributed by atoms with Crippen LogP contribution >= 0.6 is 0 Å². The topological polar surface area (TPSA) is 40.7 Å². The summed E-state index contributed by atoms with van der Waals surface area (Å²) in [5.74, 6) is 0. The third kappa shape index (κ3) is 3.04. The van der Waals surface area contributed by atoms with E-state index in [-0.39, 0.29) is 0 Å². The van der Waals surface area contributed by atoms with Gasteiger partial charge in [0.25, 0.3) is 0 Å². The molecule has 2 aromatic rings. The van der Waals surface area contributed by atoms with Crippen molar-refractivity contribution in [2.45, 2.75) is 44.7 Å². The van der Waals surface area contributed by atoms with Gasteiger partial charge in [-0.1, -0.05) is 25.3 Å². The van der Waals surface area contributed by atoms with E-state index >= 15 is 0 Å². The van der Waals surface area contributed by atoms with E-state index in [1.54, 1.807) is 0 Å². The quantitative estimate of drug-likeness (QED) is 0.878. The van der Waals surface area contributed by atoms with Gasteiger partial charge in [-0.2, -0.15) is 0 Å². The Morgan fingerprint density at radius 3 is 2.84 bits per heavy atom. The molecule has 1 aliphatic rings. The number of pyridine rings is 1. The number of nitrogens with zero attached hydrogens (tertiary/aromatic N) is 1. The molecule has 3 nitrogen and oxygen atoms in total. The maximum Gasteiger partial charge on any atom is 0.0909 e. The van der Waals surface area contributed by atoms with Gasteiger partial charge in [0.1, 0.15) is 0 Å². The van der Waals surface area contributed by atoms with Crippen LogP contribution < -0.4 is 5.32 Å². The molecule has 0 atom stereocenters. The Bertz CT molecular complexity index is 498. The van der Waals surface area contributed by atoms with Gasteiger partial charge >= 0.3 is 0 Å². The highest BCUT2D eigenvalue weighted by Gasteiger charge is 2.14. The number of aromatic amines is 1. The molecule has 0 bridgehead atoms. The van der Waals surface area contributed by atoms with Gasteiger partial charge in [-0.15, -0.1) is 0 Å². The van der Waals surface area contributed by atoms with Crippen molar-refractivity contribution in [3.8, 4) is 11.4 Å². The molecule has 0 saturated heterocycles. The second kappa shape index (κ2) is 6.02. The van der Waals surface area contributed by atoms with Gasteiger partial charge in [-0.3, -0.25) is 4.98 Å². The fourth-order valence-electron chi connectivity index (χ4n) is 2.86. The summed E-state index contributed by atoms with van der Waals surface area (Å²) < 4.78 is 0. The predicted octanol–water partition coefficient (Wildman–Crippen LogP) is 3.50. The van der Waals surface area contributed by atoms with Crippen molar-refractivity contribution in [3.05, 3.63) is 42.2 Å². The highest BCUT2D eigenvalue weighted by Crippen LogP contribution is 2.21. The molecule has 100 valence electrons. The predicted molar refractivity (Wildman–Crippen MR) is 77.7 cm³/mol. The third-order valence-corrected chi connectivity index (χ3v) is 3.93. The molecule has 0 aliphatic heterocycles. The number of H-pyrrole nitrogens is 1. The zero-order valence-corrected chi connectivity index (χ0v) is 11.2. The van der Waals surface area contributed by atoms with Gasteiger partial charge in [-0.05, 0) is 36.6 Å². The highest BCUT2D eigenvalue weighted by molar-refractivity contribution is 5.58. The van der Waals surface area contributed by atoms with Crippen LogP contribution in [0.2, 0.25) is 0 Å². The van der Waals surface area contributed by atoms with E-state index in [0.717, 1.165) is 17.9 Å². The van der Waals surface area contributed by atoms with Crippen LogP contribution in [0.1, 0.15) is 37.7 Å². The lowest BCUT2D eigenvalue weighted by Crippen LogP contribution is -2.30. The smallest absolute Gasteiger partial charge is 0.0909 e. The summed E-state index contributed by atoms with van der Waals surface area (Å²) in [4.78, 5) is 7.76. The SMILES string of the molecule is c1c[nH]c(-c2ncccc2CNC2CCCCC2)c1. The summed E-state index contributed by atoms with van der Waals surface area (Å²) >= 11 is 0. The lowest BCUT2D eigenvalue weighted by molar-refractivity contribution is 0.372. The number of aromatic nitrogens is 2. The molecule has 2 N–H and O–H groups in total. The summed E-state index contributed by atoms with van der Waals surface area (Å²) in [7, 11) is 0. The molecule has 0 amide bonds. The fourth-order valence-corrected chi connectivity index (χ4v) is 2.86. The molecule has 3 heteroatoms. The number of nitrogens with one attached hydrogen (secondary N) is 2. The Labute approximate surface area is 114 Å². The average Bonchev–Trinajstić information content (AvgIpc) is 3.01. The first-order chi connectivity index (χ1) is 9.43. The molecule has 0 radical (unpaired) electrons. The van der Waals surface area contributed by atoms with Crippen LogP contribution in [0.5, 0.6) is 0 Å². The first-order valence-electron chi connectivity index (χ1n) is 7.24. The van der Waals surface area contributed by atoms with E-state index in [9.17, 15) is 0 Å². The van der Waals surface area contributed by atoms with Gasteiger partial charge in [0, 0.05) is 25.0 Å². The third-order valence-electron chi connectivity index (χ3n) is 3.93. The van der Waals surface area contributed by atoms with E-state index in [1.807, 2.05) is 24.5 Å². The Kier molecular flexibility index (Phi) is 3.94. The van der Waals surface area contributed by atoms with Crippen molar-refractivity contribution in [3.63, 3.8) is 0 Å². The van der Waals surface area contributed by atoms with Gasteiger partial charge < -0.3 is 10.3 Å². The Hall–Kier alpha value is -1.61. The zero-order chi connectivity index (χ0) is 12.9. The normalized spacial score (nSPS) is 16.6. The van der Waals surface area contributed by atoms with Crippen molar-refractivity contribution in [2.75, 3.05) is 0 Å². The fraction of sp³-hybridized carbons (Fsp3) is 0.438. The molecule has 2 heterocycles. The van der Waals surface area contributed by atoms with Crippen molar-refractivity contribution in [2.24, 2.45) is 0 Å². The summed E-state index contributed by atoms with van der Waals surface area (Å²) in [6.45, 7) is 0.910. The molecule has 1 aliphatic carbocycles. The Morgan fingerprint density at radius 1 is 1.16 bits per heavy atom. The van der Waals surface area contributed by atoms with Gasteiger partial charge in [0.2, 0.25) is 0 Å².